The Morgan fingerprint density at radius 1 is 1.18 bits per heavy atom. The van der Waals surface area contributed by atoms with Gasteiger partial charge in [0, 0.05) is 24.7 Å². The number of piperidine rings is 1. The van der Waals surface area contributed by atoms with Gasteiger partial charge in [-0.2, -0.15) is 4.98 Å². The van der Waals surface area contributed by atoms with Crippen LogP contribution >= 0.6 is 0 Å². The fourth-order valence-corrected chi connectivity index (χ4v) is 4.21. The standard InChI is InChI=1S/C24H25FN4O4/c1-2-33-23-18(12-17-19(20(30)21(26)31)13-27-22(17)28-23)24(32)29-9-7-15(8-10-29)11-14-3-5-16(25)6-4-14/h3-6,12-13,15H,2,7-11H2,1H3,(H2,26,31)(H,27,28). The zero-order chi connectivity index (χ0) is 23.5. The lowest BCUT2D eigenvalue weighted by atomic mass is 9.90. The van der Waals surface area contributed by atoms with Crippen molar-refractivity contribution in [3.63, 3.8) is 0 Å². The van der Waals surface area contributed by atoms with Gasteiger partial charge in [-0.1, -0.05) is 12.1 Å². The molecule has 1 aromatic carbocycles. The van der Waals surface area contributed by atoms with Crippen LogP contribution in [0.4, 0.5) is 4.39 Å². The van der Waals surface area contributed by atoms with E-state index in [2.05, 4.69) is 9.97 Å². The summed E-state index contributed by atoms with van der Waals surface area (Å²) in [6, 6.07) is 8.05. The fourth-order valence-electron chi connectivity index (χ4n) is 4.21. The molecule has 3 N–H and O–H groups in total. The molecule has 0 bridgehead atoms. The minimum absolute atomic E-state index is 0.0695. The third kappa shape index (κ3) is 4.72. The average molecular weight is 452 g/mol. The zero-order valence-corrected chi connectivity index (χ0v) is 18.3. The van der Waals surface area contributed by atoms with Crippen LogP contribution in [0.15, 0.2) is 36.5 Å². The van der Waals surface area contributed by atoms with Gasteiger partial charge in [-0.05, 0) is 55.9 Å². The quantitative estimate of drug-likeness (QED) is 0.422. The Morgan fingerprint density at radius 3 is 2.52 bits per heavy atom. The number of Topliss-reactive ketones (excluding diaryl/α,β-unsaturated/α-hetero) is 1. The van der Waals surface area contributed by atoms with Crippen LogP contribution in [0.2, 0.25) is 0 Å². The number of hydrogen-bond donors (Lipinski definition) is 2. The average Bonchev–Trinajstić information content (AvgIpc) is 3.22. The number of benzene rings is 1. The van der Waals surface area contributed by atoms with E-state index in [0.29, 0.717) is 36.6 Å². The van der Waals surface area contributed by atoms with E-state index in [0.717, 1.165) is 24.8 Å². The molecule has 2 amide bonds. The maximum absolute atomic E-state index is 13.4. The molecule has 0 atom stereocenters. The van der Waals surface area contributed by atoms with Crippen molar-refractivity contribution >= 4 is 28.6 Å². The van der Waals surface area contributed by atoms with Crippen molar-refractivity contribution in [3.05, 3.63) is 59.0 Å². The van der Waals surface area contributed by atoms with Crippen molar-refractivity contribution < 1.29 is 23.5 Å². The summed E-state index contributed by atoms with van der Waals surface area (Å²) in [4.78, 5) is 45.8. The number of pyridine rings is 1. The number of H-pyrrole nitrogens is 1. The van der Waals surface area contributed by atoms with Gasteiger partial charge in [0.15, 0.2) is 0 Å². The highest BCUT2D eigenvalue weighted by molar-refractivity contribution is 6.44. The summed E-state index contributed by atoms with van der Waals surface area (Å²) in [6.45, 7) is 3.23. The first-order valence-electron chi connectivity index (χ1n) is 10.9. The minimum atomic E-state index is -1.08. The Morgan fingerprint density at radius 2 is 1.88 bits per heavy atom. The van der Waals surface area contributed by atoms with Gasteiger partial charge in [-0.3, -0.25) is 14.4 Å². The second kappa shape index (κ2) is 9.40. The molecule has 172 valence electrons. The first kappa shape index (κ1) is 22.4. The molecule has 1 aliphatic heterocycles. The number of rotatable bonds is 7. The second-order valence-corrected chi connectivity index (χ2v) is 8.13. The molecule has 0 radical (unpaired) electrons. The molecule has 9 heteroatoms. The molecule has 1 fully saturated rings. The molecule has 0 unspecified atom stereocenters. The summed E-state index contributed by atoms with van der Waals surface area (Å²) in [6.07, 6.45) is 3.83. The highest BCUT2D eigenvalue weighted by Crippen LogP contribution is 2.29. The van der Waals surface area contributed by atoms with Gasteiger partial charge in [0.05, 0.1) is 12.2 Å². The minimum Gasteiger partial charge on any atom is -0.477 e. The van der Waals surface area contributed by atoms with E-state index in [1.165, 1.54) is 24.4 Å². The number of carbonyl (C=O) groups excluding carboxylic acids is 3. The molecule has 4 rings (SSSR count). The number of aromatic nitrogens is 2. The number of amides is 2. The van der Waals surface area contributed by atoms with E-state index in [4.69, 9.17) is 10.5 Å². The van der Waals surface area contributed by atoms with Crippen LogP contribution in [0, 0.1) is 11.7 Å². The number of nitrogens with two attached hydrogens (primary N) is 1. The normalized spacial score (nSPS) is 14.4. The van der Waals surface area contributed by atoms with Crippen LogP contribution in [-0.4, -0.2) is 52.2 Å². The molecule has 3 heterocycles. The first-order valence-corrected chi connectivity index (χ1v) is 10.9. The van der Waals surface area contributed by atoms with Gasteiger partial charge < -0.3 is 20.4 Å². The Balaban J connectivity index is 1.53. The van der Waals surface area contributed by atoms with Gasteiger partial charge in [-0.15, -0.1) is 0 Å². The van der Waals surface area contributed by atoms with Crippen LogP contribution in [0.5, 0.6) is 5.88 Å². The lowest BCUT2D eigenvalue weighted by Gasteiger charge is -2.32. The molecule has 8 nitrogen and oxygen atoms in total. The van der Waals surface area contributed by atoms with Crippen molar-refractivity contribution in [2.24, 2.45) is 11.7 Å². The zero-order valence-electron chi connectivity index (χ0n) is 18.3. The number of ketones is 1. The number of ether oxygens (including phenoxy) is 1. The Hall–Kier alpha value is -3.75. The number of aromatic amines is 1. The topological polar surface area (TPSA) is 118 Å². The van der Waals surface area contributed by atoms with E-state index >= 15 is 0 Å². The molecule has 1 aliphatic rings. The molecular weight excluding hydrogens is 427 g/mol. The lowest BCUT2D eigenvalue weighted by molar-refractivity contribution is -0.114. The molecule has 33 heavy (non-hydrogen) atoms. The van der Waals surface area contributed by atoms with Crippen LogP contribution in [-0.2, 0) is 11.2 Å². The highest BCUT2D eigenvalue weighted by atomic mass is 19.1. The fraction of sp³-hybridized carbons (Fsp3) is 0.333. The Kier molecular flexibility index (Phi) is 6.39. The molecule has 0 saturated carbocycles. The third-order valence-electron chi connectivity index (χ3n) is 5.95. The van der Waals surface area contributed by atoms with Crippen molar-refractivity contribution in [2.75, 3.05) is 19.7 Å². The van der Waals surface area contributed by atoms with Crippen molar-refractivity contribution in [1.82, 2.24) is 14.9 Å². The number of halogens is 1. The largest absolute Gasteiger partial charge is 0.477 e. The first-order chi connectivity index (χ1) is 15.9. The maximum atomic E-state index is 13.4. The van der Waals surface area contributed by atoms with E-state index in [1.54, 1.807) is 24.0 Å². The molecule has 0 spiro atoms. The van der Waals surface area contributed by atoms with E-state index in [-0.39, 0.29) is 28.7 Å². The summed E-state index contributed by atoms with van der Waals surface area (Å²) >= 11 is 0. The summed E-state index contributed by atoms with van der Waals surface area (Å²) < 4.78 is 18.7. The van der Waals surface area contributed by atoms with E-state index in [9.17, 15) is 18.8 Å². The summed E-state index contributed by atoms with van der Waals surface area (Å²) in [7, 11) is 0. The van der Waals surface area contributed by atoms with Gasteiger partial charge in [0.2, 0.25) is 5.88 Å². The molecule has 3 aromatic rings. The van der Waals surface area contributed by atoms with Crippen LogP contribution in [0.25, 0.3) is 11.0 Å². The number of hydrogen-bond acceptors (Lipinski definition) is 5. The number of carbonyl (C=O) groups is 3. The second-order valence-electron chi connectivity index (χ2n) is 8.13. The van der Waals surface area contributed by atoms with E-state index in [1.807, 2.05) is 0 Å². The predicted octanol–water partition coefficient (Wildman–Crippen LogP) is 2.86. The molecular formula is C24H25FN4O4. The molecule has 2 aromatic heterocycles. The van der Waals surface area contributed by atoms with Crippen molar-refractivity contribution in [1.29, 1.82) is 0 Å². The monoisotopic (exact) mass is 452 g/mol. The van der Waals surface area contributed by atoms with Crippen LogP contribution < -0.4 is 10.5 Å². The lowest BCUT2D eigenvalue weighted by Crippen LogP contribution is -2.39. The molecule has 1 saturated heterocycles. The predicted molar refractivity (Wildman–Crippen MR) is 120 cm³/mol. The summed E-state index contributed by atoms with van der Waals surface area (Å²) in [5.41, 5.74) is 6.86. The summed E-state index contributed by atoms with van der Waals surface area (Å²) in [5, 5.41) is 0.344. The van der Waals surface area contributed by atoms with Gasteiger partial charge in [-0.25, -0.2) is 4.39 Å². The number of nitrogens with zero attached hydrogens (tertiary/aromatic N) is 2. The van der Waals surface area contributed by atoms with Crippen LogP contribution in [0.1, 0.15) is 46.0 Å². The number of primary amides is 1. The Labute approximate surface area is 189 Å². The Bertz CT molecular complexity index is 1200. The van der Waals surface area contributed by atoms with Gasteiger partial charge >= 0.3 is 0 Å². The maximum Gasteiger partial charge on any atom is 0.289 e. The van der Waals surface area contributed by atoms with Crippen molar-refractivity contribution in [2.45, 2.75) is 26.2 Å². The van der Waals surface area contributed by atoms with Gasteiger partial charge in [0.25, 0.3) is 17.6 Å². The highest BCUT2D eigenvalue weighted by Gasteiger charge is 2.28. The number of nitrogens with one attached hydrogen (secondary N) is 1. The SMILES string of the molecule is CCOc1nc2[nH]cc(C(=O)C(N)=O)c2cc1C(=O)N1CCC(Cc2ccc(F)cc2)CC1. The molecule has 0 aliphatic carbocycles. The number of fused-ring (bicyclic) bond motifs is 1. The van der Waals surface area contributed by atoms with Crippen LogP contribution in [0.3, 0.4) is 0 Å². The van der Waals surface area contributed by atoms with Crippen molar-refractivity contribution in [3.8, 4) is 5.88 Å². The summed E-state index contributed by atoms with van der Waals surface area (Å²) in [5.74, 6) is -1.86. The number of likely N-dealkylation sites (tertiary alicyclic amines) is 1. The van der Waals surface area contributed by atoms with Gasteiger partial charge in [0.1, 0.15) is 17.0 Å². The van der Waals surface area contributed by atoms with E-state index < -0.39 is 11.7 Å². The third-order valence-corrected chi connectivity index (χ3v) is 5.95. The smallest absolute Gasteiger partial charge is 0.289 e.